The molecule has 1 aliphatic rings. The SMILES string of the molecule is CCN1CCO[C@@H](CNc2nc3ccccc3n2C)[C@@H]1c1ccnn1C. The summed E-state index contributed by atoms with van der Waals surface area (Å²) in [4.78, 5) is 7.17. The fourth-order valence-corrected chi connectivity index (χ4v) is 3.86. The molecule has 7 nitrogen and oxygen atoms in total. The first-order valence-corrected chi connectivity index (χ1v) is 9.18. The minimum atomic E-state index is 0.0407. The number of benzene rings is 1. The van der Waals surface area contributed by atoms with Gasteiger partial charge < -0.3 is 14.6 Å². The largest absolute Gasteiger partial charge is 0.373 e. The van der Waals surface area contributed by atoms with Crippen LogP contribution in [0.2, 0.25) is 0 Å². The number of aryl methyl sites for hydroxylation is 2. The standard InChI is InChI=1S/C19H26N6O/c1-4-25-11-12-26-17(18(25)16-9-10-21-24(16)3)13-20-19-22-14-7-5-6-8-15(14)23(19)2/h5-10,17-18H,4,11-13H2,1-3H3,(H,20,22)/t17-,18-/m0/s1. The summed E-state index contributed by atoms with van der Waals surface area (Å²) in [6.45, 7) is 5.57. The lowest BCUT2D eigenvalue weighted by molar-refractivity contribution is -0.0664. The minimum absolute atomic E-state index is 0.0407. The monoisotopic (exact) mass is 354 g/mol. The number of hydrogen-bond donors (Lipinski definition) is 1. The van der Waals surface area contributed by atoms with E-state index in [2.05, 4.69) is 38.9 Å². The summed E-state index contributed by atoms with van der Waals surface area (Å²) in [6.07, 6.45) is 1.90. The van der Waals surface area contributed by atoms with E-state index in [-0.39, 0.29) is 12.1 Å². The zero-order chi connectivity index (χ0) is 18.1. The van der Waals surface area contributed by atoms with Gasteiger partial charge in [-0.2, -0.15) is 5.10 Å². The van der Waals surface area contributed by atoms with Crippen molar-refractivity contribution in [3.63, 3.8) is 0 Å². The summed E-state index contributed by atoms with van der Waals surface area (Å²) in [5, 5.41) is 7.85. The predicted molar refractivity (Wildman–Crippen MR) is 102 cm³/mol. The molecule has 0 amide bonds. The van der Waals surface area contributed by atoms with Crippen LogP contribution in [0, 0.1) is 0 Å². The fourth-order valence-electron chi connectivity index (χ4n) is 3.86. The normalized spacial score (nSPS) is 21.3. The van der Waals surface area contributed by atoms with Crippen LogP contribution in [0.1, 0.15) is 18.7 Å². The number of nitrogens with zero attached hydrogens (tertiary/aromatic N) is 5. The molecule has 26 heavy (non-hydrogen) atoms. The number of hydrogen-bond acceptors (Lipinski definition) is 5. The van der Waals surface area contributed by atoms with Gasteiger partial charge in [0, 0.05) is 33.4 Å². The van der Waals surface area contributed by atoms with Gasteiger partial charge in [0.15, 0.2) is 0 Å². The number of likely N-dealkylation sites (N-methyl/N-ethyl adjacent to an activating group) is 1. The number of morpholine rings is 1. The molecule has 3 aromatic rings. The Labute approximate surface area is 153 Å². The molecule has 1 N–H and O–H groups in total. The summed E-state index contributed by atoms with van der Waals surface area (Å²) < 4.78 is 10.2. The van der Waals surface area contributed by atoms with Crippen molar-refractivity contribution in [2.24, 2.45) is 14.1 Å². The Kier molecular flexibility index (Phi) is 4.65. The molecular weight excluding hydrogens is 328 g/mol. The Morgan fingerprint density at radius 2 is 2.08 bits per heavy atom. The molecule has 2 aromatic heterocycles. The molecule has 1 saturated heterocycles. The van der Waals surface area contributed by atoms with Gasteiger partial charge in [0.25, 0.3) is 0 Å². The molecule has 0 saturated carbocycles. The second-order valence-corrected chi connectivity index (χ2v) is 6.73. The molecule has 3 heterocycles. The van der Waals surface area contributed by atoms with Crippen LogP contribution in [0.4, 0.5) is 5.95 Å². The van der Waals surface area contributed by atoms with Gasteiger partial charge >= 0.3 is 0 Å². The predicted octanol–water partition coefficient (Wildman–Crippen LogP) is 2.18. The zero-order valence-corrected chi connectivity index (χ0v) is 15.6. The number of para-hydroxylation sites is 2. The second kappa shape index (κ2) is 7.09. The molecule has 0 aliphatic carbocycles. The van der Waals surface area contributed by atoms with Gasteiger partial charge in [-0.3, -0.25) is 9.58 Å². The van der Waals surface area contributed by atoms with Crippen LogP contribution >= 0.6 is 0 Å². The lowest BCUT2D eigenvalue weighted by atomic mass is 10.0. The Morgan fingerprint density at radius 3 is 2.81 bits per heavy atom. The van der Waals surface area contributed by atoms with Crippen molar-refractivity contribution < 1.29 is 4.74 Å². The first-order chi connectivity index (χ1) is 12.7. The van der Waals surface area contributed by atoms with Crippen molar-refractivity contribution in [1.82, 2.24) is 24.2 Å². The molecule has 2 atom stereocenters. The third kappa shape index (κ3) is 2.97. The van der Waals surface area contributed by atoms with Crippen molar-refractivity contribution in [2.45, 2.75) is 19.1 Å². The highest BCUT2D eigenvalue weighted by Gasteiger charge is 2.34. The lowest BCUT2D eigenvalue weighted by Crippen LogP contribution is -2.48. The van der Waals surface area contributed by atoms with E-state index >= 15 is 0 Å². The highest BCUT2D eigenvalue weighted by molar-refractivity contribution is 5.78. The van der Waals surface area contributed by atoms with Crippen LogP contribution in [0.5, 0.6) is 0 Å². The highest BCUT2D eigenvalue weighted by Crippen LogP contribution is 2.29. The summed E-state index contributed by atoms with van der Waals surface area (Å²) >= 11 is 0. The molecule has 7 heteroatoms. The average molecular weight is 354 g/mol. The van der Waals surface area contributed by atoms with E-state index in [0.29, 0.717) is 6.54 Å². The summed E-state index contributed by atoms with van der Waals surface area (Å²) in [6, 6.07) is 10.4. The molecule has 138 valence electrons. The Bertz CT molecular complexity index is 885. The van der Waals surface area contributed by atoms with E-state index in [9.17, 15) is 0 Å². The van der Waals surface area contributed by atoms with Crippen LogP contribution in [0.25, 0.3) is 11.0 Å². The molecule has 1 fully saturated rings. The van der Waals surface area contributed by atoms with E-state index in [0.717, 1.165) is 36.7 Å². The van der Waals surface area contributed by atoms with Crippen LogP contribution in [-0.4, -0.2) is 56.6 Å². The Morgan fingerprint density at radius 1 is 1.23 bits per heavy atom. The third-order valence-electron chi connectivity index (χ3n) is 5.27. The van der Waals surface area contributed by atoms with E-state index < -0.39 is 0 Å². The Hall–Kier alpha value is -2.38. The number of ether oxygens (including phenoxy) is 1. The van der Waals surface area contributed by atoms with E-state index in [1.165, 1.54) is 5.69 Å². The maximum atomic E-state index is 6.15. The molecule has 1 aromatic carbocycles. The molecule has 4 rings (SSSR count). The van der Waals surface area contributed by atoms with E-state index in [4.69, 9.17) is 9.72 Å². The molecular formula is C19H26N6O. The van der Waals surface area contributed by atoms with Gasteiger partial charge in [-0.1, -0.05) is 19.1 Å². The summed E-state index contributed by atoms with van der Waals surface area (Å²) in [7, 11) is 4.03. The number of imidazole rings is 1. The number of rotatable bonds is 5. The van der Waals surface area contributed by atoms with Crippen molar-refractivity contribution in [2.75, 3.05) is 31.6 Å². The molecule has 1 aliphatic heterocycles. The molecule has 0 radical (unpaired) electrons. The zero-order valence-electron chi connectivity index (χ0n) is 15.6. The third-order valence-corrected chi connectivity index (χ3v) is 5.27. The van der Waals surface area contributed by atoms with Gasteiger partial charge in [0.1, 0.15) is 0 Å². The number of nitrogens with one attached hydrogen (secondary N) is 1. The van der Waals surface area contributed by atoms with Gasteiger partial charge in [0.2, 0.25) is 5.95 Å². The van der Waals surface area contributed by atoms with Crippen LogP contribution in [0.3, 0.4) is 0 Å². The van der Waals surface area contributed by atoms with Crippen molar-refractivity contribution >= 4 is 17.0 Å². The Balaban J connectivity index is 1.57. The van der Waals surface area contributed by atoms with E-state index in [1.54, 1.807) is 0 Å². The molecule has 0 bridgehead atoms. The highest BCUT2D eigenvalue weighted by atomic mass is 16.5. The van der Waals surface area contributed by atoms with Crippen molar-refractivity contribution in [3.05, 3.63) is 42.2 Å². The summed E-state index contributed by atoms with van der Waals surface area (Å²) in [5.74, 6) is 0.868. The van der Waals surface area contributed by atoms with Gasteiger partial charge in [-0.05, 0) is 24.7 Å². The smallest absolute Gasteiger partial charge is 0.203 e. The van der Waals surface area contributed by atoms with Gasteiger partial charge in [-0.25, -0.2) is 4.98 Å². The quantitative estimate of drug-likeness (QED) is 0.761. The average Bonchev–Trinajstić information content (AvgIpc) is 3.23. The topological polar surface area (TPSA) is 60.1 Å². The van der Waals surface area contributed by atoms with Crippen LogP contribution in [-0.2, 0) is 18.8 Å². The second-order valence-electron chi connectivity index (χ2n) is 6.73. The van der Waals surface area contributed by atoms with Crippen LogP contribution in [0.15, 0.2) is 36.5 Å². The first-order valence-electron chi connectivity index (χ1n) is 9.18. The fraction of sp³-hybridized carbons (Fsp3) is 0.474. The summed E-state index contributed by atoms with van der Waals surface area (Å²) in [5.41, 5.74) is 3.31. The maximum Gasteiger partial charge on any atom is 0.203 e. The maximum absolute atomic E-state index is 6.15. The first kappa shape index (κ1) is 17.1. The molecule has 0 unspecified atom stereocenters. The minimum Gasteiger partial charge on any atom is -0.373 e. The number of aromatic nitrogens is 4. The van der Waals surface area contributed by atoms with E-state index in [1.807, 2.05) is 43.2 Å². The lowest BCUT2D eigenvalue weighted by Gasteiger charge is -2.40. The van der Waals surface area contributed by atoms with Crippen molar-refractivity contribution in [3.8, 4) is 0 Å². The number of fused-ring (bicyclic) bond motifs is 1. The number of anilines is 1. The van der Waals surface area contributed by atoms with Crippen LogP contribution < -0.4 is 5.32 Å². The van der Waals surface area contributed by atoms with Gasteiger partial charge in [-0.15, -0.1) is 0 Å². The van der Waals surface area contributed by atoms with Gasteiger partial charge in [0.05, 0.1) is 35.5 Å². The molecule has 0 spiro atoms. The van der Waals surface area contributed by atoms with Crippen molar-refractivity contribution in [1.29, 1.82) is 0 Å².